The van der Waals surface area contributed by atoms with E-state index in [1.807, 2.05) is 26.8 Å². The number of rotatable bonds is 3. The van der Waals surface area contributed by atoms with Crippen LogP contribution in [0.15, 0.2) is 11.2 Å². The Bertz CT molecular complexity index is 450. The van der Waals surface area contributed by atoms with E-state index in [-0.39, 0.29) is 5.78 Å². The molecule has 0 aromatic carbocycles. The molecule has 1 N–H and O–H groups in total. The third kappa shape index (κ3) is 2.89. The Labute approximate surface area is 95.8 Å². The van der Waals surface area contributed by atoms with Crippen molar-refractivity contribution in [2.24, 2.45) is 5.10 Å². The third-order valence-corrected chi connectivity index (χ3v) is 2.50. The SMILES string of the molecule is CC(=O)/C(C)=N\Nc1nc(C)c(C)cc1C. The molecule has 0 saturated heterocycles. The molecule has 0 aliphatic rings. The molecule has 0 bridgehead atoms. The summed E-state index contributed by atoms with van der Waals surface area (Å²) in [5.74, 6) is 0.651. The van der Waals surface area contributed by atoms with E-state index >= 15 is 0 Å². The standard InChI is InChI=1S/C12H17N3O/c1-7-6-8(2)12(13-9(7)3)15-14-10(4)11(5)16/h6H,1-5H3,(H,13,15)/b14-10-. The highest BCUT2D eigenvalue weighted by Crippen LogP contribution is 2.15. The highest BCUT2D eigenvalue weighted by molar-refractivity contribution is 6.38. The fraction of sp³-hybridized carbons (Fsp3) is 0.417. The molecule has 1 aromatic heterocycles. The first-order valence-corrected chi connectivity index (χ1v) is 5.18. The lowest BCUT2D eigenvalue weighted by Gasteiger charge is -2.08. The van der Waals surface area contributed by atoms with Gasteiger partial charge < -0.3 is 0 Å². The summed E-state index contributed by atoms with van der Waals surface area (Å²) in [6.45, 7) is 9.08. The molecule has 1 aromatic rings. The van der Waals surface area contributed by atoms with Crippen LogP contribution in [0.3, 0.4) is 0 Å². The molecule has 0 spiro atoms. The Morgan fingerprint density at radius 1 is 1.25 bits per heavy atom. The fourth-order valence-corrected chi connectivity index (χ4v) is 1.17. The lowest BCUT2D eigenvalue weighted by molar-refractivity contribution is -0.111. The monoisotopic (exact) mass is 219 g/mol. The van der Waals surface area contributed by atoms with Crippen LogP contribution in [-0.4, -0.2) is 16.5 Å². The van der Waals surface area contributed by atoms with Gasteiger partial charge in [-0.05, 0) is 38.8 Å². The third-order valence-electron chi connectivity index (χ3n) is 2.50. The average Bonchev–Trinajstić information content (AvgIpc) is 2.20. The Hall–Kier alpha value is -1.71. The topological polar surface area (TPSA) is 54.4 Å². The molecule has 0 atom stereocenters. The van der Waals surface area contributed by atoms with Crippen LogP contribution < -0.4 is 5.43 Å². The Morgan fingerprint density at radius 2 is 1.88 bits per heavy atom. The van der Waals surface area contributed by atoms with E-state index in [0.29, 0.717) is 11.5 Å². The van der Waals surface area contributed by atoms with Crippen LogP contribution in [0, 0.1) is 20.8 Å². The number of hydrogen-bond donors (Lipinski definition) is 1. The number of pyridine rings is 1. The van der Waals surface area contributed by atoms with Crippen LogP contribution in [0.5, 0.6) is 0 Å². The molecule has 0 unspecified atom stereocenters. The van der Waals surface area contributed by atoms with Crippen LogP contribution in [0.4, 0.5) is 5.82 Å². The second-order valence-corrected chi connectivity index (χ2v) is 3.92. The van der Waals surface area contributed by atoms with Crippen molar-refractivity contribution in [3.8, 4) is 0 Å². The second-order valence-electron chi connectivity index (χ2n) is 3.92. The van der Waals surface area contributed by atoms with Crippen LogP contribution >= 0.6 is 0 Å². The second kappa shape index (κ2) is 4.88. The van der Waals surface area contributed by atoms with Crippen molar-refractivity contribution in [1.82, 2.24) is 4.98 Å². The zero-order chi connectivity index (χ0) is 12.3. The van der Waals surface area contributed by atoms with Crippen LogP contribution in [0.2, 0.25) is 0 Å². The van der Waals surface area contributed by atoms with Gasteiger partial charge in [0.25, 0.3) is 0 Å². The molecule has 16 heavy (non-hydrogen) atoms. The Kier molecular flexibility index (Phi) is 3.77. The lowest BCUT2D eigenvalue weighted by atomic mass is 10.1. The summed E-state index contributed by atoms with van der Waals surface area (Å²) >= 11 is 0. The maximum atomic E-state index is 11.0. The van der Waals surface area contributed by atoms with E-state index in [1.165, 1.54) is 6.92 Å². The first kappa shape index (κ1) is 12.4. The van der Waals surface area contributed by atoms with Gasteiger partial charge in [-0.25, -0.2) is 4.98 Å². The molecule has 0 saturated carbocycles. The van der Waals surface area contributed by atoms with E-state index in [0.717, 1.165) is 16.8 Å². The Morgan fingerprint density at radius 3 is 2.44 bits per heavy atom. The zero-order valence-electron chi connectivity index (χ0n) is 10.4. The minimum Gasteiger partial charge on any atom is -0.293 e. The normalized spacial score (nSPS) is 11.4. The summed E-state index contributed by atoms with van der Waals surface area (Å²) in [5, 5.41) is 3.98. The van der Waals surface area contributed by atoms with Crippen molar-refractivity contribution in [2.45, 2.75) is 34.6 Å². The van der Waals surface area contributed by atoms with Gasteiger partial charge in [-0.2, -0.15) is 5.10 Å². The van der Waals surface area contributed by atoms with Gasteiger partial charge >= 0.3 is 0 Å². The van der Waals surface area contributed by atoms with Crippen LogP contribution in [-0.2, 0) is 4.79 Å². The summed E-state index contributed by atoms with van der Waals surface area (Å²) in [6.07, 6.45) is 0. The molecule has 0 amide bonds. The molecule has 0 aliphatic carbocycles. The fourth-order valence-electron chi connectivity index (χ4n) is 1.17. The number of ketones is 1. The van der Waals surface area contributed by atoms with Crippen LogP contribution in [0.25, 0.3) is 0 Å². The van der Waals surface area contributed by atoms with Crippen molar-refractivity contribution in [3.63, 3.8) is 0 Å². The predicted molar refractivity (Wildman–Crippen MR) is 65.9 cm³/mol. The summed E-state index contributed by atoms with van der Waals surface area (Å²) in [6, 6.07) is 2.04. The molecular formula is C12H17N3O. The van der Waals surface area contributed by atoms with Crippen molar-refractivity contribution in [2.75, 3.05) is 5.43 Å². The number of anilines is 1. The summed E-state index contributed by atoms with van der Waals surface area (Å²) in [4.78, 5) is 15.4. The number of carbonyl (C=O) groups excluding carboxylic acids is 1. The van der Waals surface area contributed by atoms with Gasteiger partial charge in [-0.15, -0.1) is 0 Å². The minimum atomic E-state index is -0.0472. The number of nitrogens with zero attached hydrogens (tertiary/aromatic N) is 2. The maximum absolute atomic E-state index is 11.0. The smallest absolute Gasteiger partial charge is 0.175 e. The van der Waals surface area contributed by atoms with Gasteiger partial charge in [0, 0.05) is 12.6 Å². The van der Waals surface area contributed by atoms with Crippen molar-refractivity contribution < 1.29 is 4.79 Å². The number of hydrogen-bond acceptors (Lipinski definition) is 4. The molecule has 4 nitrogen and oxygen atoms in total. The van der Waals surface area contributed by atoms with Gasteiger partial charge in [-0.3, -0.25) is 10.2 Å². The van der Waals surface area contributed by atoms with Gasteiger partial charge in [0.2, 0.25) is 0 Å². The van der Waals surface area contributed by atoms with E-state index < -0.39 is 0 Å². The highest BCUT2D eigenvalue weighted by Gasteiger charge is 2.03. The van der Waals surface area contributed by atoms with Gasteiger partial charge in [0.05, 0.1) is 0 Å². The first-order valence-electron chi connectivity index (χ1n) is 5.18. The number of hydrazone groups is 1. The van der Waals surface area contributed by atoms with Crippen molar-refractivity contribution in [1.29, 1.82) is 0 Å². The average molecular weight is 219 g/mol. The minimum absolute atomic E-state index is 0.0472. The quantitative estimate of drug-likeness (QED) is 0.627. The summed E-state index contributed by atoms with van der Waals surface area (Å²) in [7, 11) is 0. The van der Waals surface area contributed by atoms with Crippen molar-refractivity contribution >= 4 is 17.3 Å². The molecule has 0 fully saturated rings. The van der Waals surface area contributed by atoms with Gasteiger partial charge in [0.1, 0.15) is 11.5 Å². The van der Waals surface area contributed by atoms with E-state index in [9.17, 15) is 4.79 Å². The molecule has 0 aliphatic heterocycles. The lowest BCUT2D eigenvalue weighted by Crippen LogP contribution is -2.08. The predicted octanol–water partition coefficient (Wildman–Crippen LogP) is 2.38. The maximum Gasteiger partial charge on any atom is 0.175 e. The van der Waals surface area contributed by atoms with E-state index in [2.05, 4.69) is 15.5 Å². The van der Waals surface area contributed by atoms with Gasteiger partial charge in [-0.1, -0.05) is 6.07 Å². The number of aryl methyl sites for hydroxylation is 3. The molecule has 1 heterocycles. The summed E-state index contributed by atoms with van der Waals surface area (Å²) in [5.41, 5.74) is 6.39. The highest BCUT2D eigenvalue weighted by atomic mass is 16.1. The number of Topliss-reactive ketones (excluding diaryl/α,β-unsaturated/α-hetero) is 1. The van der Waals surface area contributed by atoms with Gasteiger partial charge in [0.15, 0.2) is 5.78 Å². The van der Waals surface area contributed by atoms with Crippen LogP contribution in [0.1, 0.15) is 30.7 Å². The molecular weight excluding hydrogens is 202 g/mol. The van der Waals surface area contributed by atoms with E-state index in [1.54, 1.807) is 6.92 Å². The molecule has 4 heteroatoms. The number of nitrogens with one attached hydrogen (secondary N) is 1. The summed E-state index contributed by atoms with van der Waals surface area (Å²) < 4.78 is 0. The largest absolute Gasteiger partial charge is 0.293 e. The first-order chi connectivity index (χ1) is 7.41. The number of aromatic nitrogens is 1. The van der Waals surface area contributed by atoms with Crippen molar-refractivity contribution in [3.05, 3.63) is 22.9 Å². The molecule has 1 rings (SSSR count). The Balaban J connectivity index is 2.94. The van der Waals surface area contributed by atoms with E-state index in [4.69, 9.17) is 0 Å². The number of carbonyl (C=O) groups is 1. The molecule has 0 radical (unpaired) electrons. The zero-order valence-corrected chi connectivity index (χ0v) is 10.4. The molecule has 86 valence electrons.